The minimum atomic E-state index is 1.08. The van der Waals surface area contributed by atoms with Gasteiger partial charge in [-0.2, -0.15) is 0 Å². The van der Waals surface area contributed by atoms with E-state index in [4.69, 9.17) is 0 Å². The Morgan fingerprint density at radius 3 is 2.80 bits per heavy atom. The second kappa shape index (κ2) is 1.76. The van der Waals surface area contributed by atoms with Crippen molar-refractivity contribution in [2.75, 3.05) is 0 Å². The lowest BCUT2D eigenvalue weighted by Crippen LogP contribution is -1.45. The quantitative estimate of drug-likeness (QED) is 0.523. The van der Waals surface area contributed by atoms with Crippen LogP contribution in [0, 0.1) is 0 Å². The van der Waals surface area contributed by atoms with Crippen LogP contribution in [0.1, 0.15) is 0 Å². The molecule has 0 saturated heterocycles. The SMILES string of the molecule is n1nspp1. The predicted molar refractivity (Wildman–Crippen MR) is 24.9 cm³/mol. The zero-order chi connectivity index (χ0) is 3.54. The van der Waals surface area contributed by atoms with E-state index in [0.29, 0.717) is 0 Å². The van der Waals surface area contributed by atoms with Crippen LogP contribution >= 0.6 is 26.2 Å². The van der Waals surface area contributed by atoms with Crippen molar-refractivity contribution in [1.82, 2.24) is 9.35 Å². The van der Waals surface area contributed by atoms with Gasteiger partial charge in [0.2, 0.25) is 0 Å². The second-order valence-electron chi connectivity index (χ2n) is 0.424. The summed E-state index contributed by atoms with van der Waals surface area (Å²) < 4.78 is 3.60. The molecule has 5 heavy (non-hydrogen) atoms. The smallest absolute Gasteiger partial charge is 0.109 e. The monoisotopic (exact) mass is 122 g/mol. The largest absolute Gasteiger partial charge is 0.112 e. The molecule has 0 amide bonds. The van der Waals surface area contributed by atoms with Gasteiger partial charge in [-0.15, -0.1) is 4.86 Å². The van der Waals surface area contributed by atoms with Crippen LogP contribution in [0.5, 0.6) is 0 Å². The van der Waals surface area contributed by atoms with Crippen LogP contribution in [-0.4, -0.2) is 9.35 Å². The topological polar surface area (TPSA) is 25.8 Å². The van der Waals surface area contributed by atoms with Gasteiger partial charge in [0.1, 0.15) is 8.03 Å². The molecule has 1 rings (SSSR count). The van der Waals surface area contributed by atoms with E-state index < -0.39 is 0 Å². The Balaban J connectivity index is 3.13. The molecule has 0 N–H and O–H groups in total. The lowest BCUT2D eigenvalue weighted by molar-refractivity contribution is 1.27. The molecule has 5 heteroatoms. The van der Waals surface area contributed by atoms with E-state index in [-0.39, 0.29) is 0 Å². The van der Waals surface area contributed by atoms with E-state index >= 15 is 0 Å². The molecule has 1 aromatic rings. The lowest BCUT2D eigenvalue weighted by Gasteiger charge is -1.38. The minimum Gasteiger partial charge on any atom is -0.112 e. The van der Waals surface area contributed by atoms with E-state index in [1.807, 2.05) is 0 Å². The molecule has 0 unspecified atom stereocenters. The first kappa shape index (κ1) is 3.60. The van der Waals surface area contributed by atoms with Crippen molar-refractivity contribution in [1.29, 1.82) is 0 Å². The Bertz CT molecular complexity index is 64.1. The average Bonchev–Trinajstić information content (AvgIpc) is 1.76. The van der Waals surface area contributed by atoms with Gasteiger partial charge in [-0.3, -0.25) is 0 Å². The van der Waals surface area contributed by atoms with E-state index in [9.17, 15) is 0 Å². The molecule has 0 atom stereocenters. The summed E-state index contributed by atoms with van der Waals surface area (Å²) in [6.45, 7) is 0. The van der Waals surface area contributed by atoms with Crippen LogP contribution in [-0.2, 0) is 0 Å². The zero-order valence-electron chi connectivity index (χ0n) is 2.20. The molecule has 0 aliphatic rings. The number of nitrogens with zero attached hydrogens (tertiary/aromatic N) is 2. The number of aromatic nitrogens is 2. The minimum absolute atomic E-state index is 1.08. The maximum absolute atomic E-state index is 3.63. The summed E-state index contributed by atoms with van der Waals surface area (Å²) in [6, 6.07) is 0. The molecule has 0 saturated carbocycles. The second-order valence-corrected chi connectivity index (χ2v) is 4.26. The third kappa shape index (κ3) is 0.881. The van der Waals surface area contributed by atoms with Gasteiger partial charge in [-0.1, -0.05) is 4.49 Å². The van der Waals surface area contributed by atoms with Crippen LogP contribution < -0.4 is 0 Å². The lowest BCUT2D eigenvalue weighted by atomic mass is 13.2. The van der Waals surface area contributed by atoms with Crippen molar-refractivity contribution in [3.05, 3.63) is 0 Å². The van der Waals surface area contributed by atoms with Crippen LogP contribution in [0.15, 0.2) is 0 Å². The van der Waals surface area contributed by atoms with E-state index in [1.54, 1.807) is 0 Å². The van der Waals surface area contributed by atoms with Crippen molar-refractivity contribution >= 4 is 26.2 Å². The van der Waals surface area contributed by atoms with Crippen LogP contribution in [0.4, 0.5) is 0 Å². The van der Waals surface area contributed by atoms with Gasteiger partial charge in [0.25, 0.3) is 0 Å². The van der Waals surface area contributed by atoms with Crippen molar-refractivity contribution in [2.24, 2.45) is 0 Å². The van der Waals surface area contributed by atoms with E-state index in [0.717, 1.165) is 8.03 Å². The highest BCUT2D eigenvalue weighted by atomic mass is 32.6. The number of rotatable bonds is 0. The molecule has 0 bridgehead atoms. The molecule has 0 spiro atoms. The molecule has 1 aromatic heterocycles. The maximum atomic E-state index is 3.63. The first-order valence-corrected chi connectivity index (χ1v) is 4.79. The van der Waals surface area contributed by atoms with Gasteiger partial charge in [-0.05, 0) is 0 Å². The summed E-state index contributed by atoms with van der Waals surface area (Å²) >= 11 is 1.49. The highest BCUT2D eigenvalue weighted by molar-refractivity contribution is 8.09. The molecule has 1 heterocycles. The fraction of sp³-hybridized carbons (Fsp3) is 0. The molecule has 0 fully saturated rings. The summed E-state index contributed by atoms with van der Waals surface area (Å²) in [5, 5.41) is 0. The first-order valence-electron chi connectivity index (χ1n) is 0.965. The normalized spacial score (nSPS) is 11.2. The third-order valence-electron chi connectivity index (χ3n) is 0.186. The Morgan fingerprint density at radius 2 is 2.60 bits per heavy atom. The predicted octanol–water partition coefficient (Wildman–Crippen LogP) is 1.70. The molecular formula is N2P2S. The molecular weight excluding hydrogens is 122 g/mol. The molecule has 0 radical (unpaired) electrons. The van der Waals surface area contributed by atoms with Gasteiger partial charge in [0.05, 0.1) is 7.05 Å². The molecule has 2 nitrogen and oxygen atoms in total. The zero-order valence-corrected chi connectivity index (χ0v) is 4.80. The summed E-state index contributed by atoms with van der Waals surface area (Å²) in [7, 11) is 2.33. The van der Waals surface area contributed by atoms with Gasteiger partial charge in [0.15, 0.2) is 0 Å². The fourth-order valence-corrected chi connectivity index (χ4v) is 2.20. The third-order valence-corrected chi connectivity index (χ3v) is 2.99. The van der Waals surface area contributed by atoms with Gasteiger partial charge < -0.3 is 0 Å². The maximum Gasteiger partial charge on any atom is 0.109 e. The first-order chi connectivity index (χ1) is 2.50. The Hall–Kier alpha value is 0.420. The summed E-state index contributed by atoms with van der Waals surface area (Å²) in [4.78, 5) is 3.63. The standard InChI is InChI=1S/N2P2S/c1-2-5-4-3-1. The molecule has 26 valence electrons. The summed E-state index contributed by atoms with van der Waals surface area (Å²) in [5.74, 6) is 0. The fourth-order valence-electron chi connectivity index (χ4n) is 0.0816. The van der Waals surface area contributed by atoms with Crippen LogP contribution in [0.2, 0.25) is 0 Å². The van der Waals surface area contributed by atoms with E-state index in [1.165, 1.54) is 18.2 Å². The average molecular weight is 122 g/mol. The van der Waals surface area contributed by atoms with Crippen molar-refractivity contribution in [2.45, 2.75) is 0 Å². The number of hydrogen-bond donors (Lipinski definition) is 0. The highest BCUT2D eigenvalue weighted by Crippen LogP contribution is 2.17. The van der Waals surface area contributed by atoms with Gasteiger partial charge in [-0.25, -0.2) is 0 Å². The summed E-state index contributed by atoms with van der Waals surface area (Å²) in [6.07, 6.45) is 0. The summed E-state index contributed by atoms with van der Waals surface area (Å²) in [5.41, 5.74) is 0. The molecule has 0 aliphatic carbocycles. The van der Waals surface area contributed by atoms with Gasteiger partial charge in [0, 0.05) is 11.1 Å². The van der Waals surface area contributed by atoms with E-state index in [2.05, 4.69) is 9.35 Å². The highest BCUT2D eigenvalue weighted by Gasteiger charge is 1.64. The Labute approximate surface area is 36.3 Å². The van der Waals surface area contributed by atoms with Crippen molar-refractivity contribution in [3.8, 4) is 0 Å². The van der Waals surface area contributed by atoms with Crippen molar-refractivity contribution in [3.63, 3.8) is 0 Å². The Morgan fingerprint density at radius 1 is 1.60 bits per heavy atom. The van der Waals surface area contributed by atoms with Crippen molar-refractivity contribution < 1.29 is 0 Å². The molecule has 0 aromatic carbocycles. The van der Waals surface area contributed by atoms with Gasteiger partial charge >= 0.3 is 0 Å². The van der Waals surface area contributed by atoms with Crippen LogP contribution in [0.25, 0.3) is 0 Å². The number of hydrogen-bond acceptors (Lipinski definition) is 3. The Kier molecular flexibility index (Phi) is 1.27. The molecule has 0 aliphatic heterocycles. The van der Waals surface area contributed by atoms with Crippen LogP contribution in [0.3, 0.4) is 0 Å².